The second-order valence-electron chi connectivity index (χ2n) is 4.18. The smallest absolute Gasteiger partial charge is 0.332 e. The van der Waals surface area contributed by atoms with Crippen LogP contribution in [0.15, 0.2) is 30.3 Å². The van der Waals surface area contributed by atoms with Crippen LogP contribution in [0.25, 0.3) is 0 Å². The number of esters is 2. The molecule has 1 atom stereocenters. The van der Waals surface area contributed by atoms with Crippen LogP contribution < -0.4 is 5.32 Å². The molecule has 1 N–H and O–H groups in total. The highest BCUT2D eigenvalue weighted by molar-refractivity contribution is 5.77. The molecule has 0 bridgehead atoms. The molecular weight excluding hydrogens is 274 g/mol. The molecule has 6 heteroatoms. The summed E-state index contributed by atoms with van der Waals surface area (Å²) in [4.78, 5) is 22.8. The fourth-order valence-electron chi connectivity index (χ4n) is 1.73. The van der Waals surface area contributed by atoms with Crippen molar-refractivity contribution in [2.24, 2.45) is 0 Å². The van der Waals surface area contributed by atoms with Crippen LogP contribution in [0.1, 0.15) is 18.5 Å². The van der Waals surface area contributed by atoms with Gasteiger partial charge < -0.3 is 14.2 Å². The van der Waals surface area contributed by atoms with E-state index in [0.717, 1.165) is 5.56 Å². The zero-order chi connectivity index (χ0) is 15.5. The van der Waals surface area contributed by atoms with E-state index in [1.54, 1.807) is 6.92 Å². The van der Waals surface area contributed by atoms with E-state index in [9.17, 15) is 9.59 Å². The second-order valence-corrected chi connectivity index (χ2v) is 4.18. The number of rotatable bonds is 9. The monoisotopic (exact) mass is 295 g/mol. The Morgan fingerprint density at radius 1 is 1.24 bits per heavy atom. The lowest BCUT2D eigenvalue weighted by molar-refractivity contribution is -0.148. The van der Waals surface area contributed by atoms with Crippen molar-refractivity contribution in [2.45, 2.75) is 13.0 Å². The van der Waals surface area contributed by atoms with E-state index in [2.05, 4.69) is 5.32 Å². The summed E-state index contributed by atoms with van der Waals surface area (Å²) in [5.74, 6) is -0.767. The third-order valence-corrected chi connectivity index (χ3v) is 2.69. The largest absolute Gasteiger partial charge is 0.468 e. The first-order chi connectivity index (χ1) is 10.2. The Bertz CT molecular complexity index is 435. The first-order valence-electron chi connectivity index (χ1n) is 6.78. The molecular formula is C15H21NO5. The van der Waals surface area contributed by atoms with Crippen LogP contribution in [0.5, 0.6) is 0 Å². The molecule has 21 heavy (non-hydrogen) atoms. The summed E-state index contributed by atoms with van der Waals surface area (Å²) in [6.07, 6.45) is 0. The zero-order valence-corrected chi connectivity index (χ0v) is 12.3. The molecule has 0 fully saturated rings. The van der Waals surface area contributed by atoms with E-state index in [-0.39, 0.29) is 12.6 Å². The Morgan fingerprint density at radius 3 is 2.57 bits per heavy atom. The van der Waals surface area contributed by atoms with Crippen LogP contribution in [0.2, 0.25) is 0 Å². The maximum absolute atomic E-state index is 11.8. The van der Waals surface area contributed by atoms with Crippen LogP contribution >= 0.6 is 0 Å². The first kappa shape index (κ1) is 17.1. The normalized spacial score (nSPS) is 11.7. The van der Waals surface area contributed by atoms with Gasteiger partial charge in [-0.05, 0) is 12.5 Å². The van der Waals surface area contributed by atoms with Crippen molar-refractivity contribution in [2.75, 3.05) is 33.5 Å². The second kappa shape index (κ2) is 9.90. The Morgan fingerprint density at radius 2 is 1.95 bits per heavy atom. The molecule has 1 aromatic rings. The molecule has 6 nitrogen and oxygen atoms in total. The Kier molecular flexibility index (Phi) is 8.08. The van der Waals surface area contributed by atoms with Crippen molar-refractivity contribution in [3.05, 3.63) is 35.9 Å². The van der Waals surface area contributed by atoms with Crippen LogP contribution in [-0.2, 0) is 23.8 Å². The molecule has 0 aliphatic rings. The number of carbonyl (C=O) groups excluding carboxylic acids is 2. The number of methoxy groups -OCH3 is 1. The standard InChI is InChI=1S/C15H21NO5/c1-3-21-13(17)11-20-10-9-16-14(15(18)19-2)12-7-5-4-6-8-12/h4-8,14,16H,3,9-11H2,1-2H3. The van der Waals surface area contributed by atoms with Gasteiger partial charge in [0.05, 0.1) is 20.3 Å². The lowest BCUT2D eigenvalue weighted by atomic mass is 10.1. The third-order valence-electron chi connectivity index (χ3n) is 2.69. The molecule has 116 valence electrons. The highest BCUT2D eigenvalue weighted by Gasteiger charge is 2.20. The number of ether oxygens (including phenoxy) is 3. The van der Waals surface area contributed by atoms with Gasteiger partial charge in [-0.1, -0.05) is 30.3 Å². The van der Waals surface area contributed by atoms with E-state index in [0.29, 0.717) is 19.8 Å². The zero-order valence-electron chi connectivity index (χ0n) is 12.3. The fourth-order valence-corrected chi connectivity index (χ4v) is 1.73. The third kappa shape index (κ3) is 6.37. The summed E-state index contributed by atoms with van der Waals surface area (Å²) in [7, 11) is 1.34. The van der Waals surface area contributed by atoms with Crippen molar-refractivity contribution in [3.63, 3.8) is 0 Å². The van der Waals surface area contributed by atoms with Gasteiger partial charge in [-0.25, -0.2) is 9.59 Å². The number of hydrogen-bond donors (Lipinski definition) is 1. The molecule has 0 saturated carbocycles. The summed E-state index contributed by atoms with van der Waals surface area (Å²) >= 11 is 0. The molecule has 0 aromatic heterocycles. The maximum atomic E-state index is 11.8. The van der Waals surface area contributed by atoms with Gasteiger partial charge in [0.2, 0.25) is 0 Å². The van der Waals surface area contributed by atoms with Gasteiger partial charge in [0, 0.05) is 6.54 Å². The van der Waals surface area contributed by atoms with Gasteiger partial charge in [0.15, 0.2) is 0 Å². The van der Waals surface area contributed by atoms with Crippen LogP contribution in [0.4, 0.5) is 0 Å². The van der Waals surface area contributed by atoms with Gasteiger partial charge in [0.1, 0.15) is 12.6 Å². The van der Waals surface area contributed by atoms with E-state index >= 15 is 0 Å². The minimum atomic E-state index is -0.553. The fraction of sp³-hybridized carbons (Fsp3) is 0.467. The molecule has 0 spiro atoms. The summed E-state index contributed by atoms with van der Waals surface area (Å²) < 4.78 is 14.7. The molecule has 0 aliphatic heterocycles. The number of hydrogen-bond acceptors (Lipinski definition) is 6. The minimum Gasteiger partial charge on any atom is -0.468 e. The molecule has 1 rings (SSSR count). The quantitative estimate of drug-likeness (QED) is 0.542. The van der Waals surface area contributed by atoms with Crippen molar-refractivity contribution in [3.8, 4) is 0 Å². The van der Waals surface area contributed by atoms with Crippen LogP contribution in [0.3, 0.4) is 0 Å². The molecule has 0 saturated heterocycles. The molecule has 0 heterocycles. The van der Waals surface area contributed by atoms with Gasteiger partial charge in [0.25, 0.3) is 0 Å². The van der Waals surface area contributed by atoms with Gasteiger partial charge in [-0.15, -0.1) is 0 Å². The number of carbonyl (C=O) groups is 2. The van der Waals surface area contributed by atoms with E-state index in [4.69, 9.17) is 14.2 Å². The van der Waals surface area contributed by atoms with E-state index in [1.807, 2.05) is 30.3 Å². The average molecular weight is 295 g/mol. The van der Waals surface area contributed by atoms with E-state index in [1.165, 1.54) is 7.11 Å². The van der Waals surface area contributed by atoms with Crippen molar-refractivity contribution < 1.29 is 23.8 Å². The van der Waals surface area contributed by atoms with Gasteiger partial charge >= 0.3 is 11.9 Å². The van der Waals surface area contributed by atoms with Crippen LogP contribution in [0, 0.1) is 0 Å². The highest BCUT2D eigenvalue weighted by Crippen LogP contribution is 2.13. The summed E-state index contributed by atoms with van der Waals surface area (Å²) in [6, 6.07) is 8.71. The Labute approximate surface area is 124 Å². The first-order valence-corrected chi connectivity index (χ1v) is 6.78. The van der Waals surface area contributed by atoms with Crippen molar-refractivity contribution in [1.82, 2.24) is 5.32 Å². The minimum absolute atomic E-state index is 0.0935. The van der Waals surface area contributed by atoms with Crippen LogP contribution in [-0.4, -0.2) is 45.4 Å². The SMILES string of the molecule is CCOC(=O)COCCNC(C(=O)OC)c1ccccc1. The molecule has 1 unspecified atom stereocenters. The maximum Gasteiger partial charge on any atom is 0.332 e. The lowest BCUT2D eigenvalue weighted by Gasteiger charge is -2.16. The topological polar surface area (TPSA) is 73.9 Å². The summed E-state index contributed by atoms with van der Waals surface area (Å²) in [5, 5.41) is 3.04. The van der Waals surface area contributed by atoms with Crippen molar-refractivity contribution >= 4 is 11.9 Å². The Hall–Kier alpha value is -1.92. The summed E-state index contributed by atoms with van der Waals surface area (Å²) in [6.45, 7) is 2.68. The molecule has 0 radical (unpaired) electrons. The van der Waals surface area contributed by atoms with Gasteiger partial charge in [-0.2, -0.15) is 0 Å². The highest BCUT2D eigenvalue weighted by atomic mass is 16.6. The predicted molar refractivity (Wildman–Crippen MR) is 76.7 cm³/mol. The van der Waals surface area contributed by atoms with Gasteiger partial charge in [-0.3, -0.25) is 5.32 Å². The molecule has 0 aliphatic carbocycles. The lowest BCUT2D eigenvalue weighted by Crippen LogP contribution is -2.32. The predicted octanol–water partition coefficient (Wildman–Crippen LogP) is 1.07. The average Bonchev–Trinajstić information content (AvgIpc) is 2.51. The molecule has 1 aromatic carbocycles. The number of nitrogens with one attached hydrogen (secondary N) is 1. The Balaban J connectivity index is 2.38. The molecule has 0 amide bonds. The van der Waals surface area contributed by atoms with E-state index < -0.39 is 12.0 Å². The number of benzene rings is 1. The van der Waals surface area contributed by atoms with Crippen molar-refractivity contribution in [1.29, 1.82) is 0 Å². The summed E-state index contributed by atoms with van der Waals surface area (Å²) in [5.41, 5.74) is 0.815.